The van der Waals surface area contributed by atoms with E-state index in [-0.39, 0.29) is 0 Å². The summed E-state index contributed by atoms with van der Waals surface area (Å²) < 4.78 is 5.98. The molecular formula is C28H30O2. The lowest BCUT2D eigenvalue weighted by Crippen LogP contribution is -1.99. The Balaban J connectivity index is 1.60. The van der Waals surface area contributed by atoms with E-state index in [4.69, 9.17) is 4.74 Å². The van der Waals surface area contributed by atoms with E-state index in [2.05, 4.69) is 36.4 Å². The number of rotatable bonds is 5. The fourth-order valence-electron chi connectivity index (χ4n) is 4.24. The lowest BCUT2D eigenvalue weighted by atomic mass is 9.86. The maximum atomic E-state index is 9.76. The Kier molecular flexibility index (Phi) is 6.87. The third-order valence-electron chi connectivity index (χ3n) is 5.86. The zero-order valence-electron chi connectivity index (χ0n) is 17.5. The van der Waals surface area contributed by atoms with E-state index in [1.54, 1.807) is 17.7 Å². The minimum absolute atomic E-state index is 0.311. The molecule has 1 aliphatic carbocycles. The van der Waals surface area contributed by atoms with Crippen molar-refractivity contribution in [2.45, 2.75) is 51.6 Å². The molecule has 3 aromatic carbocycles. The van der Waals surface area contributed by atoms with Crippen molar-refractivity contribution in [2.24, 2.45) is 0 Å². The van der Waals surface area contributed by atoms with Gasteiger partial charge in [0.2, 0.25) is 0 Å². The van der Waals surface area contributed by atoms with Crippen LogP contribution in [0.25, 0.3) is 5.57 Å². The van der Waals surface area contributed by atoms with Crippen molar-refractivity contribution in [3.63, 3.8) is 0 Å². The number of allylic oxidation sites excluding steroid dienone is 1. The molecule has 2 nitrogen and oxygen atoms in total. The van der Waals surface area contributed by atoms with E-state index in [0.29, 0.717) is 12.4 Å². The van der Waals surface area contributed by atoms with E-state index in [1.165, 1.54) is 54.4 Å². The molecule has 4 rings (SSSR count). The number of hydrogen-bond donors (Lipinski definition) is 1. The Labute approximate surface area is 179 Å². The second kappa shape index (κ2) is 10.2. The lowest BCUT2D eigenvalue weighted by Gasteiger charge is -2.19. The molecule has 30 heavy (non-hydrogen) atoms. The molecule has 0 radical (unpaired) electrons. The van der Waals surface area contributed by atoms with Crippen molar-refractivity contribution < 1.29 is 9.84 Å². The SMILES string of the molecule is Oc1ccc(C(=C2CCCCCCC2)c2ccc(OCc3ccccc3)cc2)cc1. The van der Waals surface area contributed by atoms with E-state index in [9.17, 15) is 5.11 Å². The largest absolute Gasteiger partial charge is 0.508 e. The number of benzene rings is 3. The van der Waals surface area contributed by atoms with Gasteiger partial charge in [-0.25, -0.2) is 0 Å². The van der Waals surface area contributed by atoms with E-state index in [1.807, 2.05) is 30.3 Å². The van der Waals surface area contributed by atoms with Crippen molar-refractivity contribution in [1.82, 2.24) is 0 Å². The average molecular weight is 399 g/mol. The highest BCUT2D eigenvalue weighted by atomic mass is 16.5. The molecule has 0 saturated heterocycles. The topological polar surface area (TPSA) is 29.5 Å². The zero-order chi connectivity index (χ0) is 20.6. The Morgan fingerprint density at radius 1 is 0.667 bits per heavy atom. The average Bonchev–Trinajstić information content (AvgIpc) is 2.76. The van der Waals surface area contributed by atoms with Crippen LogP contribution in [-0.2, 0) is 6.61 Å². The van der Waals surface area contributed by atoms with E-state index in [0.717, 1.165) is 18.6 Å². The van der Waals surface area contributed by atoms with Crippen LogP contribution in [0.3, 0.4) is 0 Å². The summed E-state index contributed by atoms with van der Waals surface area (Å²) in [7, 11) is 0. The molecule has 0 bridgehead atoms. The Morgan fingerprint density at radius 3 is 1.87 bits per heavy atom. The van der Waals surface area contributed by atoms with Gasteiger partial charge >= 0.3 is 0 Å². The third kappa shape index (κ3) is 5.33. The second-order valence-corrected chi connectivity index (χ2v) is 8.09. The summed E-state index contributed by atoms with van der Waals surface area (Å²) in [6.45, 7) is 0.575. The molecule has 0 spiro atoms. The van der Waals surface area contributed by atoms with Crippen LogP contribution < -0.4 is 4.74 Å². The quantitative estimate of drug-likeness (QED) is 0.481. The Hall–Kier alpha value is -3.00. The van der Waals surface area contributed by atoms with Gasteiger partial charge in [-0.3, -0.25) is 0 Å². The van der Waals surface area contributed by atoms with Gasteiger partial charge in [-0.2, -0.15) is 0 Å². The van der Waals surface area contributed by atoms with E-state index >= 15 is 0 Å². The number of hydrogen-bond acceptors (Lipinski definition) is 2. The van der Waals surface area contributed by atoms with Gasteiger partial charge in [0.05, 0.1) is 0 Å². The van der Waals surface area contributed by atoms with Gasteiger partial charge in [-0.15, -0.1) is 0 Å². The monoisotopic (exact) mass is 398 g/mol. The minimum atomic E-state index is 0.311. The van der Waals surface area contributed by atoms with Crippen LogP contribution in [0, 0.1) is 0 Å². The molecule has 0 heterocycles. The summed E-state index contributed by atoms with van der Waals surface area (Å²) in [5.74, 6) is 1.20. The summed E-state index contributed by atoms with van der Waals surface area (Å²) >= 11 is 0. The zero-order valence-corrected chi connectivity index (χ0v) is 17.5. The second-order valence-electron chi connectivity index (χ2n) is 8.09. The first-order chi connectivity index (χ1) is 14.8. The normalized spacial score (nSPS) is 14.6. The number of phenolic OH excluding ortho intramolecular Hbond substituents is 1. The maximum absolute atomic E-state index is 9.76. The lowest BCUT2D eigenvalue weighted by molar-refractivity contribution is 0.306. The first-order valence-electron chi connectivity index (χ1n) is 11.1. The van der Waals surface area contributed by atoms with Crippen LogP contribution in [0.4, 0.5) is 0 Å². The molecule has 0 aliphatic heterocycles. The number of phenols is 1. The fourth-order valence-corrected chi connectivity index (χ4v) is 4.24. The van der Waals surface area contributed by atoms with Crippen LogP contribution >= 0.6 is 0 Å². The number of ether oxygens (including phenoxy) is 1. The van der Waals surface area contributed by atoms with Crippen LogP contribution in [-0.4, -0.2) is 5.11 Å². The number of aromatic hydroxyl groups is 1. The van der Waals surface area contributed by atoms with Gasteiger partial charge in [-0.05, 0) is 72.2 Å². The highest BCUT2D eigenvalue weighted by molar-refractivity contribution is 5.82. The van der Waals surface area contributed by atoms with Gasteiger partial charge in [0.25, 0.3) is 0 Å². The predicted octanol–water partition coefficient (Wildman–Crippen LogP) is 7.52. The predicted molar refractivity (Wildman–Crippen MR) is 124 cm³/mol. The molecule has 0 atom stereocenters. The standard InChI is InChI=1S/C28H30O2/c29-26-17-13-24(14-18-26)28(23-11-7-2-1-3-8-12-23)25-15-19-27(20-16-25)30-21-22-9-5-4-6-10-22/h4-6,9-10,13-20,29H,1-3,7-8,11-12,21H2. The van der Waals surface area contributed by atoms with Crippen molar-refractivity contribution in [2.75, 3.05) is 0 Å². The Morgan fingerprint density at radius 2 is 1.23 bits per heavy atom. The summed E-state index contributed by atoms with van der Waals surface area (Å²) in [6.07, 6.45) is 8.82. The van der Waals surface area contributed by atoms with Gasteiger partial charge in [0.15, 0.2) is 0 Å². The highest BCUT2D eigenvalue weighted by Crippen LogP contribution is 2.35. The molecule has 1 N–H and O–H groups in total. The van der Waals surface area contributed by atoms with Gasteiger partial charge in [0.1, 0.15) is 18.1 Å². The summed E-state index contributed by atoms with van der Waals surface area (Å²) in [4.78, 5) is 0. The molecular weight excluding hydrogens is 368 g/mol. The molecule has 0 unspecified atom stereocenters. The van der Waals surface area contributed by atoms with Crippen molar-refractivity contribution >= 4 is 5.57 Å². The maximum Gasteiger partial charge on any atom is 0.119 e. The Bertz CT molecular complexity index is 944. The highest BCUT2D eigenvalue weighted by Gasteiger charge is 2.14. The van der Waals surface area contributed by atoms with Crippen molar-refractivity contribution in [3.8, 4) is 11.5 Å². The molecule has 2 heteroatoms. The first kappa shape index (κ1) is 20.3. The van der Waals surface area contributed by atoms with Crippen LogP contribution in [0.5, 0.6) is 11.5 Å². The van der Waals surface area contributed by atoms with E-state index < -0.39 is 0 Å². The van der Waals surface area contributed by atoms with Crippen LogP contribution in [0.15, 0.2) is 84.4 Å². The fraction of sp³-hybridized carbons (Fsp3) is 0.286. The molecule has 0 aromatic heterocycles. The third-order valence-corrected chi connectivity index (χ3v) is 5.86. The van der Waals surface area contributed by atoms with Gasteiger partial charge in [-0.1, -0.05) is 79.4 Å². The molecule has 1 fully saturated rings. The molecule has 154 valence electrons. The minimum Gasteiger partial charge on any atom is -0.508 e. The summed E-state index contributed by atoms with van der Waals surface area (Å²) in [6, 6.07) is 26.4. The summed E-state index contributed by atoms with van der Waals surface area (Å²) in [5, 5.41) is 9.76. The van der Waals surface area contributed by atoms with Gasteiger partial charge < -0.3 is 9.84 Å². The molecule has 1 saturated carbocycles. The molecule has 3 aromatic rings. The smallest absolute Gasteiger partial charge is 0.119 e. The first-order valence-corrected chi connectivity index (χ1v) is 11.1. The summed E-state index contributed by atoms with van der Waals surface area (Å²) in [5.41, 5.74) is 6.44. The van der Waals surface area contributed by atoms with Crippen molar-refractivity contribution in [1.29, 1.82) is 0 Å². The molecule has 0 amide bonds. The van der Waals surface area contributed by atoms with Gasteiger partial charge in [0, 0.05) is 0 Å². The van der Waals surface area contributed by atoms with Crippen molar-refractivity contribution in [3.05, 3.63) is 101 Å². The van der Waals surface area contributed by atoms with Crippen LogP contribution in [0.2, 0.25) is 0 Å². The van der Waals surface area contributed by atoms with Crippen LogP contribution in [0.1, 0.15) is 61.6 Å². The molecule has 1 aliphatic rings.